The number of benzene rings is 2. The molecule has 0 saturated heterocycles. The summed E-state index contributed by atoms with van der Waals surface area (Å²) in [4.78, 5) is 21.0. The molecule has 2 aromatic carbocycles. The van der Waals surface area contributed by atoms with Gasteiger partial charge < -0.3 is 15.4 Å². The summed E-state index contributed by atoms with van der Waals surface area (Å²) < 4.78 is 31.7. The number of aliphatic carboxylic acids is 1. The highest BCUT2D eigenvalue weighted by Gasteiger charge is 2.38. The number of para-hydroxylation sites is 1. The van der Waals surface area contributed by atoms with Crippen molar-refractivity contribution in [3.63, 3.8) is 0 Å². The minimum atomic E-state index is -5.08. The van der Waals surface area contributed by atoms with Crippen LogP contribution < -0.4 is 5.32 Å². The van der Waals surface area contributed by atoms with Gasteiger partial charge in [-0.25, -0.2) is 14.8 Å². The van der Waals surface area contributed by atoms with Crippen LogP contribution >= 0.6 is 0 Å². The van der Waals surface area contributed by atoms with Gasteiger partial charge in [0.1, 0.15) is 6.07 Å². The van der Waals surface area contributed by atoms with Crippen LogP contribution in [0.5, 0.6) is 0 Å². The second kappa shape index (κ2) is 12.8. The number of nitrogens with one attached hydrogen (secondary N) is 2. The van der Waals surface area contributed by atoms with E-state index in [2.05, 4.69) is 88.8 Å². The fourth-order valence-electron chi connectivity index (χ4n) is 3.81. The summed E-state index contributed by atoms with van der Waals surface area (Å²) in [5, 5.41) is 21.3. The Morgan fingerprint density at radius 2 is 1.79 bits per heavy atom. The van der Waals surface area contributed by atoms with Crippen LogP contribution in [0.3, 0.4) is 0 Å². The maximum absolute atomic E-state index is 10.6. The predicted octanol–water partition coefficient (Wildman–Crippen LogP) is 5.51. The molecule has 10 heteroatoms. The Hall–Kier alpha value is -4.23. The van der Waals surface area contributed by atoms with Crippen LogP contribution in [0.15, 0.2) is 54.7 Å². The molecule has 4 rings (SSSR count). The first-order valence-electron chi connectivity index (χ1n) is 12.0. The first kappa shape index (κ1) is 28.3. The normalized spacial score (nSPS) is 11.1. The van der Waals surface area contributed by atoms with Crippen LogP contribution in [-0.4, -0.2) is 45.3 Å². The smallest absolute Gasteiger partial charge is 0.475 e. The Morgan fingerprint density at radius 3 is 2.47 bits per heavy atom. The summed E-state index contributed by atoms with van der Waals surface area (Å²) in [5.74, 6) is -2.52. The molecule has 0 bridgehead atoms. The first-order valence-corrected chi connectivity index (χ1v) is 12.0. The van der Waals surface area contributed by atoms with E-state index in [1.807, 2.05) is 6.07 Å². The van der Waals surface area contributed by atoms with Crippen LogP contribution in [0.1, 0.15) is 34.6 Å². The molecule has 0 radical (unpaired) electrons. The van der Waals surface area contributed by atoms with Crippen LogP contribution in [0, 0.1) is 25.2 Å². The van der Waals surface area contributed by atoms with Crippen molar-refractivity contribution in [1.82, 2.24) is 20.3 Å². The highest BCUT2D eigenvalue weighted by atomic mass is 19.4. The number of nitrogens with zero attached hydrogens (tertiary/aromatic N) is 3. The molecular formula is C28H28F3N5O2. The van der Waals surface area contributed by atoms with E-state index in [1.54, 1.807) is 0 Å². The molecule has 0 aliphatic carbocycles. The Labute approximate surface area is 218 Å². The Kier molecular flexibility index (Phi) is 9.57. The lowest BCUT2D eigenvalue weighted by molar-refractivity contribution is -0.192. The molecule has 2 aromatic heterocycles. The van der Waals surface area contributed by atoms with Crippen molar-refractivity contribution in [3.05, 3.63) is 82.9 Å². The third kappa shape index (κ3) is 7.88. The molecule has 3 N–H and O–H groups in total. The van der Waals surface area contributed by atoms with Gasteiger partial charge in [0.2, 0.25) is 5.82 Å². The quantitative estimate of drug-likeness (QED) is 0.262. The number of aromatic amines is 1. The Morgan fingerprint density at radius 1 is 1.05 bits per heavy atom. The molecule has 2 heterocycles. The lowest BCUT2D eigenvalue weighted by Crippen LogP contribution is -2.21. The number of hydrogen-bond acceptors (Lipinski definition) is 5. The monoisotopic (exact) mass is 523 g/mol. The minimum absolute atomic E-state index is 0.234. The number of H-pyrrole nitrogens is 1. The molecule has 0 amide bonds. The van der Waals surface area contributed by atoms with E-state index in [0.29, 0.717) is 0 Å². The van der Waals surface area contributed by atoms with Gasteiger partial charge in [0, 0.05) is 28.4 Å². The van der Waals surface area contributed by atoms with Crippen molar-refractivity contribution in [3.8, 4) is 17.3 Å². The number of aromatic nitrogens is 3. The van der Waals surface area contributed by atoms with E-state index in [0.717, 1.165) is 49.3 Å². The number of fused-ring (bicyclic) bond motifs is 1. The second-order valence-electron chi connectivity index (χ2n) is 8.74. The van der Waals surface area contributed by atoms with Gasteiger partial charge in [0.25, 0.3) is 0 Å². The van der Waals surface area contributed by atoms with Crippen molar-refractivity contribution >= 4 is 16.9 Å². The minimum Gasteiger partial charge on any atom is -0.475 e. The molecule has 4 aromatic rings. The summed E-state index contributed by atoms with van der Waals surface area (Å²) in [6.07, 6.45) is -0.213. The van der Waals surface area contributed by atoms with Crippen LogP contribution in [-0.2, 0) is 17.6 Å². The van der Waals surface area contributed by atoms with Crippen molar-refractivity contribution in [1.29, 1.82) is 5.26 Å². The molecule has 0 aliphatic heterocycles. The van der Waals surface area contributed by atoms with Crippen molar-refractivity contribution in [2.75, 3.05) is 13.1 Å². The molecule has 0 spiro atoms. The molecule has 0 unspecified atom stereocenters. The van der Waals surface area contributed by atoms with Gasteiger partial charge in [-0.3, -0.25) is 0 Å². The lowest BCUT2D eigenvalue weighted by Gasteiger charge is -2.08. The summed E-state index contributed by atoms with van der Waals surface area (Å²) in [7, 11) is 0. The van der Waals surface area contributed by atoms with Gasteiger partial charge in [0.15, 0.2) is 0 Å². The lowest BCUT2D eigenvalue weighted by atomic mass is 10.0. The van der Waals surface area contributed by atoms with Crippen molar-refractivity contribution in [2.24, 2.45) is 0 Å². The van der Waals surface area contributed by atoms with Gasteiger partial charge in [-0.1, -0.05) is 30.3 Å². The third-order valence-corrected chi connectivity index (χ3v) is 5.96. The Bertz CT molecular complexity index is 1440. The molecule has 0 aliphatic rings. The first-order chi connectivity index (χ1) is 18.1. The molecule has 0 fully saturated rings. The fraction of sp³-hybridized carbons (Fsp3) is 0.286. The highest BCUT2D eigenvalue weighted by Crippen LogP contribution is 2.22. The SMILES string of the molecule is Cc1ccc(-c2cc(CCCNCCc3c[nH]c4ccccc34)nc(C#N)n2)cc1C.O=C(O)C(F)(F)F. The van der Waals surface area contributed by atoms with Gasteiger partial charge >= 0.3 is 12.1 Å². The molecular weight excluding hydrogens is 495 g/mol. The van der Waals surface area contributed by atoms with Gasteiger partial charge in [-0.05, 0) is 81.1 Å². The average molecular weight is 524 g/mol. The van der Waals surface area contributed by atoms with E-state index < -0.39 is 12.1 Å². The van der Waals surface area contributed by atoms with Crippen molar-refractivity contribution in [2.45, 2.75) is 39.3 Å². The topological polar surface area (TPSA) is 115 Å². The predicted molar refractivity (Wildman–Crippen MR) is 139 cm³/mol. The van der Waals surface area contributed by atoms with Crippen LogP contribution in [0.2, 0.25) is 0 Å². The van der Waals surface area contributed by atoms with Crippen LogP contribution in [0.25, 0.3) is 22.2 Å². The van der Waals surface area contributed by atoms with E-state index in [9.17, 15) is 18.4 Å². The van der Waals surface area contributed by atoms with E-state index >= 15 is 0 Å². The van der Waals surface area contributed by atoms with E-state index in [1.165, 1.54) is 27.6 Å². The average Bonchev–Trinajstić information content (AvgIpc) is 3.30. The Balaban J connectivity index is 0.000000505. The van der Waals surface area contributed by atoms with Crippen molar-refractivity contribution < 1.29 is 23.1 Å². The fourth-order valence-corrected chi connectivity index (χ4v) is 3.81. The molecule has 0 saturated carbocycles. The number of hydrogen-bond donors (Lipinski definition) is 3. The zero-order chi connectivity index (χ0) is 27.7. The van der Waals surface area contributed by atoms with Gasteiger partial charge in [0.05, 0.1) is 5.69 Å². The second-order valence-corrected chi connectivity index (χ2v) is 8.74. The molecule has 7 nitrogen and oxygen atoms in total. The highest BCUT2D eigenvalue weighted by molar-refractivity contribution is 5.83. The van der Waals surface area contributed by atoms with Crippen LogP contribution in [0.4, 0.5) is 13.2 Å². The number of carboxylic acids is 1. The number of aryl methyl sites for hydroxylation is 3. The number of rotatable bonds is 8. The summed E-state index contributed by atoms with van der Waals surface area (Å²) >= 11 is 0. The van der Waals surface area contributed by atoms with Gasteiger partial charge in [-0.2, -0.15) is 18.4 Å². The molecule has 38 heavy (non-hydrogen) atoms. The molecule has 198 valence electrons. The number of alkyl halides is 3. The molecule has 0 atom stereocenters. The maximum atomic E-state index is 10.6. The number of carboxylic acid groups (broad SMARTS) is 1. The standard InChI is InChI=1S/C26H27N5.C2HF3O2/c1-18-9-10-20(14-19(18)2)25-15-22(30-26(16-27)31-25)6-5-12-28-13-11-21-17-29-24-8-4-3-7-23(21)24;3-2(4,5)1(6)7/h3-4,7-10,14-15,17,28-29H,5-6,11-13H2,1-2H3;(H,6,7). The summed E-state index contributed by atoms with van der Waals surface area (Å²) in [6.45, 7) is 6.03. The zero-order valence-corrected chi connectivity index (χ0v) is 21.1. The van der Waals surface area contributed by atoms with Gasteiger partial charge in [-0.15, -0.1) is 0 Å². The largest absolute Gasteiger partial charge is 0.490 e. The zero-order valence-electron chi connectivity index (χ0n) is 21.1. The number of halogens is 3. The number of nitriles is 1. The third-order valence-electron chi connectivity index (χ3n) is 5.96. The maximum Gasteiger partial charge on any atom is 0.490 e. The summed E-state index contributed by atoms with van der Waals surface area (Å²) in [6, 6.07) is 18.8. The van der Waals surface area contributed by atoms with E-state index in [-0.39, 0.29) is 5.82 Å². The van der Waals surface area contributed by atoms with E-state index in [4.69, 9.17) is 9.90 Å². The summed E-state index contributed by atoms with van der Waals surface area (Å²) in [5.41, 5.74) is 7.76. The number of carbonyl (C=O) groups is 1.